The maximum atomic E-state index is 11.5. The predicted octanol–water partition coefficient (Wildman–Crippen LogP) is 3.10. The van der Waals surface area contributed by atoms with Crippen molar-refractivity contribution in [1.82, 2.24) is 9.38 Å². The number of hydrogen-bond acceptors (Lipinski definition) is 3. The maximum Gasteiger partial charge on any atom is 0.354 e. The van der Waals surface area contributed by atoms with Gasteiger partial charge in [0.05, 0.1) is 5.69 Å². The molecule has 0 bridgehead atoms. The summed E-state index contributed by atoms with van der Waals surface area (Å²) in [6, 6.07) is 0. The van der Waals surface area contributed by atoms with Gasteiger partial charge in [-0.05, 0) is 31.6 Å². The molecule has 5 heteroatoms. The van der Waals surface area contributed by atoms with Crippen LogP contribution in [0.15, 0.2) is 0 Å². The molecule has 2 aromatic rings. The highest BCUT2D eigenvalue weighted by molar-refractivity contribution is 7.17. The largest absolute Gasteiger partial charge is 0.477 e. The fourth-order valence-electron chi connectivity index (χ4n) is 2.66. The second kappa shape index (κ2) is 4.09. The summed E-state index contributed by atoms with van der Waals surface area (Å²) < 4.78 is 1.89. The van der Waals surface area contributed by atoms with E-state index in [0.717, 1.165) is 24.2 Å². The van der Waals surface area contributed by atoms with Crippen LogP contribution in [0.5, 0.6) is 0 Å². The van der Waals surface area contributed by atoms with E-state index in [1.54, 1.807) is 11.3 Å². The first kappa shape index (κ1) is 11.7. The predicted molar refractivity (Wildman–Crippen MR) is 70.8 cm³/mol. The lowest BCUT2D eigenvalue weighted by atomic mass is 10.0. The van der Waals surface area contributed by atoms with Gasteiger partial charge in [0.1, 0.15) is 0 Å². The molecule has 2 heterocycles. The van der Waals surface area contributed by atoms with Gasteiger partial charge >= 0.3 is 5.97 Å². The number of nitrogens with zero attached hydrogens (tertiary/aromatic N) is 2. The zero-order valence-electron chi connectivity index (χ0n) is 10.6. The van der Waals surface area contributed by atoms with Gasteiger partial charge < -0.3 is 5.11 Å². The van der Waals surface area contributed by atoms with Gasteiger partial charge in [-0.1, -0.05) is 13.8 Å². The van der Waals surface area contributed by atoms with Crippen molar-refractivity contribution < 1.29 is 9.90 Å². The number of fused-ring (bicyclic) bond motifs is 3. The molecular formula is C13H16N2O2S. The van der Waals surface area contributed by atoms with Crippen LogP contribution in [0, 0.1) is 0 Å². The molecule has 0 fully saturated rings. The quantitative estimate of drug-likeness (QED) is 0.906. The van der Waals surface area contributed by atoms with Crippen LogP contribution in [-0.4, -0.2) is 20.5 Å². The van der Waals surface area contributed by atoms with Crippen LogP contribution in [0.2, 0.25) is 0 Å². The van der Waals surface area contributed by atoms with Crippen molar-refractivity contribution >= 4 is 22.3 Å². The summed E-state index contributed by atoms with van der Waals surface area (Å²) in [5.41, 5.74) is 2.26. The molecule has 1 aliphatic rings. The molecule has 0 saturated carbocycles. The molecule has 0 spiro atoms. The van der Waals surface area contributed by atoms with Crippen LogP contribution in [0.3, 0.4) is 0 Å². The third-order valence-corrected chi connectivity index (χ3v) is 4.64. The van der Waals surface area contributed by atoms with Gasteiger partial charge in [0.2, 0.25) is 0 Å². The lowest BCUT2D eigenvalue weighted by Crippen LogP contribution is -2.10. The molecule has 0 atom stereocenters. The van der Waals surface area contributed by atoms with Gasteiger partial charge in [-0.2, -0.15) is 0 Å². The number of thiazole rings is 1. The molecule has 2 aromatic heterocycles. The topological polar surface area (TPSA) is 54.6 Å². The second-order valence-corrected chi connectivity index (χ2v) is 6.16. The van der Waals surface area contributed by atoms with Gasteiger partial charge in [0.15, 0.2) is 10.7 Å². The standard InChI is InChI=1S/C13H16N2O2S/c1-7(2)10-11(12(16)17)15-8-5-3-4-6-9(8)18-13(15)14-10/h7H,3-6H2,1-2H3,(H,16,17). The van der Waals surface area contributed by atoms with Gasteiger partial charge in [0, 0.05) is 10.6 Å². The summed E-state index contributed by atoms with van der Waals surface area (Å²) in [6.07, 6.45) is 4.39. The third kappa shape index (κ3) is 1.57. The fraction of sp³-hybridized carbons (Fsp3) is 0.538. The Morgan fingerprint density at radius 1 is 1.39 bits per heavy atom. The first-order valence-electron chi connectivity index (χ1n) is 6.35. The summed E-state index contributed by atoms with van der Waals surface area (Å²) in [6.45, 7) is 3.98. The molecule has 0 amide bonds. The lowest BCUT2D eigenvalue weighted by Gasteiger charge is -2.11. The van der Waals surface area contributed by atoms with Crippen molar-refractivity contribution in [2.45, 2.75) is 45.4 Å². The molecule has 96 valence electrons. The number of imidazole rings is 1. The van der Waals surface area contributed by atoms with Crippen molar-refractivity contribution in [3.63, 3.8) is 0 Å². The van der Waals surface area contributed by atoms with Crippen molar-refractivity contribution in [2.75, 3.05) is 0 Å². The molecule has 0 aliphatic heterocycles. The first-order chi connectivity index (χ1) is 8.59. The molecule has 3 rings (SSSR count). The number of carbonyl (C=O) groups is 1. The average molecular weight is 264 g/mol. The lowest BCUT2D eigenvalue weighted by molar-refractivity contribution is 0.0687. The highest BCUT2D eigenvalue weighted by Crippen LogP contribution is 2.33. The number of carboxylic acids is 1. The third-order valence-electron chi connectivity index (χ3n) is 3.50. The van der Waals surface area contributed by atoms with E-state index < -0.39 is 5.97 Å². The molecule has 0 aromatic carbocycles. The summed E-state index contributed by atoms with van der Waals surface area (Å²) in [5, 5.41) is 9.47. The fourth-order valence-corrected chi connectivity index (χ4v) is 3.88. The number of rotatable bonds is 2. The van der Waals surface area contributed by atoms with Crippen LogP contribution in [0.1, 0.15) is 59.4 Å². The van der Waals surface area contributed by atoms with Gasteiger partial charge in [-0.3, -0.25) is 4.40 Å². The second-order valence-electron chi connectivity index (χ2n) is 5.10. The van der Waals surface area contributed by atoms with E-state index in [-0.39, 0.29) is 5.92 Å². The van der Waals surface area contributed by atoms with E-state index in [2.05, 4.69) is 4.98 Å². The monoisotopic (exact) mass is 264 g/mol. The Morgan fingerprint density at radius 3 is 2.78 bits per heavy atom. The van der Waals surface area contributed by atoms with E-state index in [9.17, 15) is 9.90 Å². The molecule has 1 aliphatic carbocycles. The van der Waals surface area contributed by atoms with E-state index in [4.69, 9.17) is 0 Å². The van der Waals surface area contributed by atoms with Crippen molar-refractivity contribution in [2.24, 2.45) is 0 Å². The summed E-state index contributed by atoms with van der Waals surface area (Å²) in [5.74, 6) is -0.722. The van der Waals surface area contributed by atoms with E-state index in [1.165, 1.54) is 17.0 Å². The summed E-state index contributed by atoms with van der Waals surface area (Å²) in [7, 11) is 0. The maximum absolute atomic E-state index is 11.5. The van der Waals surface area contributed by atoms with E-state index in [1.807, 2.05) is 18.2 Å². The normalized spacial score (nSPS) is 15.3. The Morgan fingerprint density at radius 2 is 2.11 bits per heavy atom. The summed E-state index contributed by atoms with van der Waals surface area (Å²) >= 11 is 1.66. The van der Waals surface area contributed by atoms with Crippen LogP contribution in [0.25, 0.3) is 4.96 Å². The highest BCUT2D eigenvalue weighted by Gasteiger charge is 2.26. The van der Waals surface area contributed by atoms with Gasteiger partial charge in [0.25, 0.3) is 0 Å². The zero-order chi connectivity index (χ0) is 12.9. The number of hydrogen-bond donors (Lipinski definition) is 1. The number of carboxylic acid groups (broad SMARTS) is 1. The van der Waals surface area contributed by atoms with Gasteiger partial charge in [-0.15, -0.1) is 11.3 Å². The smallest absolute Gasteiger partial charge is 0.354 e. The molecule has 0 unspecified atom stereocenters. The first-order valence-corrected chi connectivity index (χ1v) is 7.17. The molecular weight excluding hydrogens is 248 g/mol. The highest BCUT2D eigenvalue weighted by atomic mass is 32.1. The van der Waals surface area contributed by atoms with Crippen LogP contribution >= 0.6 is 11.3 Å². The van der Waals surface area contributed by atoms with Crippen molar-refractivity contribution in [3.05, 3.63) is 22.0 Å². The summed E-state index contributed by atoms with van der Waals surface area (Å²) in [4.78, 5) is 18.2. The van der Waals surface area contributed by atoms with E-state index >= 15 is 0 Å². The Kier molecular flexibility index (Phi) is 2.66. The molecule has 4 nitrogen and oxygen atoms in total. The zero-order valence-corrected chi connectivity index (χ0v) is 11.4. The molecule has 18 heavy (non-hydrogen) atoms. The van der Waals surface area contributed by atoms with Crippen LogP contribution in [0.4, 0.5) is 0 Å². The van der Waals surface area contributed by atoms with E-state index in [0.29, 0.717) is 11.4 Å². The van der Waals surface area contributed by atoms with Gasteiger partial charge in [-0.25, -0.2) is 9.78 Å². The molecule has 0 saturated heterocycles. The Bertz CT molecular complexity index is 624. The minimum Gasteiger partial charge on any atom is -0.477 e. The molecule has 0 radical (unpaired) electrons. The van der Waals surface area contributed by atoms with Crippen molar-refractivity contribution in [3.8, 4) is 0 Å². The van der Waals surface area contributed by atoms with Crippen LogP contribution in [-0.2, 0) is 12.8 Å². The minimum atomic E-state index is -0.864. The van der Waals surface area contributed by atoms with Crippen molar-refractivity contribution in [1.29, 1.82) is 0 Å². The Hall–Kier alpha value is -1.36. The average Bonchev–Trinajstić information content (AvgIpc) is 2.83. The van der Waals surface area contributed by atoms with Crippen LogP contribution < -0.4 is 0 Å². The number of aromatic nitrogens is 2. The SMILES string of the molecule is CC(C)c1nc2sc3c(n2c1C(=O)O)CCCC3. The number of aryl methyl sites for hydroxylation is 2. The minimum absolute atomic E-state index is 0.141. The number of aromatic carboxylic acids is 1. The Balaban J connectivity index is 2.32. The molecule has 1 N–H and O–H groups in total. The Labute approximate surface area is 109 Å².